The first-order chi connectivity index (χ1) is 13.3. The average Bonchev–Trinajstić information content (AvgIpc) is 3.01. The van der Waals surface area contributed by atoms with Gasteiger partial charge in [0.15, 0.2) is 15.7 Å². The van der Waals surface area contributed by atoms with Gasteiger partial charge in [-0.15, -0.1) is 0 Å². The number of nitrogen functional groups attached to an aromatic ring is 1. The van der Waals surface area contributed by atoms with Crippen LogP contribution in [0, 0.1) is 5.82 Å². The summed E-state index contributed by atoms with van der Waals surface area (Å²) in [6.07, 6.45) is 2.22. The Morgan fingerprint density at radius 3 is 2.54 bits per heavy atom. The number of nitrogens with two attached hydrogens (primary N) is 1. The first-order valence-corrected chi connectivity index (χ1v) is 10.3. The Hall–Kier alpha value is -3.33. The normalized spacial score (nSPS) is 11.8. The highest BCUT2D eigenvalue weighted by Crippen LogP contribution is 2.28. The molecule has 7 nitrogen and oxygen atoms in total. The van der Waals surface area contributed by atoms with E-state index in [1.54, 1.807) is 22.9 Å². The molecule has 2 N–H and O–H groups in total. The molecule has 0 aliphatic carbocycles. The van der Waals surface area contributed by atoms with Crippen molar-refractivity contribution < 1.29 is 12.8 Å². The van der Waals surface area contributed by atoms with E-state index in [2.05, 4.69) is 15.1 Å². The highest BCUT2D eigenvalue weighted by molar-refractivity contribution is 7.90. The maximum atomic E-state index is 14.1. The first-order valence-electron chi connectivity index (χ1n) is 8.36. The van der Waals surface area contributed by atoms with Gasteiger partial charge in [-0.3, -0.25) is 4.68 Å². The van der Waals surface area contributed by atoms with Gasteiger partial charge in [0.05, 0.1) is 18.3 Å². The molecule has 0 spiro atoms. The molecule has 0 saturated carbocycles. The number of nitrogens with zero attached hydrogens (tertiary/aromatic N) is 4. The van der Waals surface area contributed by atoms with Crippen LogP contribution in [0.1, 0.15) is 5.56 Å². The van der Waals surface area contributed by atoms with Gasteiger partial charge in [0, 0.05) is 17.2 Å². The summed E-state index contributed by atoms with van der Waals surface area (Å²) in [6, 6.07) is 13.9. The van der Waals surface area contributed by atoms with E-state index < -0.39 is 9.84 Å². The third-order valence-electron chi connectivity index (χ3n) is 4.33. The fourth-order valence-corrected chi connectivity index (χ4v) is 3.65. The Kier molecular flexibility index (Phi) is 4.31. The number of rotatable bonds is 4. The lowest BCUT2D eigenvalue weighted by Crippen LogP contribution is -2.07. The van der Waals surface area contributed by atoms with Crippen LogP contribution >= 0.6 is 0 Å². The summed E-state index contributed by atoms with van der Waals surface area (Å²) in [7, 11) is -3.53. The number of halogens is 1. The molecular formula is C19H16FN5O2S. The molecule has 4 aromatic rings. The monoisotopic (exact) mass is 397 g/mol. The first kappa shape index (κ1) is 18.1. The van der Waals surface area contributed by atoms with Crippen molar-refractivity contribution in [1.82, 2.24) is 19.7 Å². The predicted octanol–water partition coefficient (Wildman–Crippen LogP) is 2.67. The Balaban J connectivity index is 1.85. The van der Waals surface area contributed by atoms with Gasteiger partial charge in [0.2, 0.25) is 0 Å². The van der Waals surface area contributed by atoms with Crippen molar-refractivity contribution in [3.8, 4) is 11.5 Å². The Labute approximate surface area is 160 Å². The van der Waals surface area contributed by atoms with Crippen LogP contribution in [-0.4, -0.2) is 34.4 Å². The zero-order valence-electron chi connectivity index (χ0n) is 14.9. The molecule has 28 heavy (non-hydrogen) atoms. The standard InChI is InChI=1S/C19H16FN5O2S/c1-28(26,27)16-10-22-19(23-18(16)21)17-13-7-3-5-9-15(13)25(24-17)11-12-6-2-4-8-14(12)20/h2-10H,11H2,1H3,(H2,21,22,23). The van der Waals surface area contributed by atoms with Crippen molar-refractivity contribution in [2.24, 2.45) is 0 Å². The van der Waals surface area contributed by atoms with Crippen LogP contribution in [0.3, 0.4) is 0 Å². The lowest BCUT2D eigenvalue weighted by atomic mass is 10.2. The maximum Gasteiger partial charge on any atom is 0.182 e. The van der Waals surface area contributed by atoms with Crippen LogP contribution in [0.4, 0.5) is 10.2 Å². The van der Waals surface area contributed by atoms with Crippen LogP contribution < -0.4 is 5.73 Å². The molecule has 0 fully saturated rings. The molecule has 9 heteroatoms. The van der Waals surface area contributed by atoms with E-state index >= 15 is 0 Å². The predicted molar refractivity (Wildman–Crippen MR) is 104 cm³/mol. The number of fused-ring (bicyclic) bond motifs is 1. The zero-order chi connectivity index (χ0) is 19.9. The molecular weight excluding hydrogens is 381 g/mol. The van der Waals surface area contributed by atoms with E-state index in [1.807, 2.05) is 24.3 Å². The maximum absolute atomic E-state index is 14.1. The summed E-state index contributed by atoms with van der Waals surface area (Å²) in [6.45, 7) is 0.226. The molecule has 0 amide bonds. The topological polar surface area (TPSA) is 104 Å². The van der Waals surface area contributed by atoms with Crippen molar-refractivity contribution >= 4 is 26.6 Å². The largest absolute Gasteiger partial charge is 0.382 e. The minimum absolute atomic E-state index is 0.133. The zero-order valence-corrected chi connectivity index (χ0v) is 15.7. The van der Waals surface area contributed by atoms with Gasteiger partial charge in [-0.1, -0.05) is 36.4 Å². The Morgan fingerprint density at radius 1 is 1.11 bits per heavy atom. The molecule has 4 rings (SSSR count). The molecule has 0 radical (unpaired) electrons. The SMILES string of the molecule is CS(=O)(=O)c1cnc(-c2nn(Cc3ccccc3F)c3ccccc23)nc1N. The van der Waals surface area contributed by atoms with Gasteiger partial charge in [-0.25, -0.2) is 22.8 Å². The molecule has 0 aliphatic rings. The second-order valence-electron chi connectivity index (χ2n) is 6.33. The van der Waals surface area contributed by atoms with Gasteiger partial charge in [0.1, 0.15) is 22.2 Å². The molecule has 0 saturated heterocycles. The van der Waals surface area contributed by atoms with E-state index in [0.717, 1.165) is 17.2 Å². The summed E-state index contributed by atoms with van der Waals surface area (Å²) < 4.78 is 39.2. The van der Waals surface area contributed by atoms with Crippen LogP contribution in [-0.2, 0) is 16.4 Å². The summed E-state index contributed by atoms with van der Waals surface area (Å²) >= 11 is 0. The van der Waals surface area contributed by atoms with Crippen molar-refractivity contribution in [2.75, 3.05) is 12.0 Å². The quantitative estimate of drug-likeness (QED) is 0.568. The summed E-state index contributed by atoms with van der Waals surface area (Å²) in [5, 5.41) is 5.30. The van der Waals surface area contributed by atoms with Gasteiger partial charge in [0.25, 0.3) is 0 Å². The number of aromatic nitrogens is 4. The van der Waals surface area contributed by atoms with E-state index in [-0.39, 0.29) is 28.9 Å². The van der Waals surface area contributed by atoms with Crippen LogP contribution in [0.2, 0.25) is 0 Å². The fourth-order valence-electron chi connectivity index (χ4n) is 2.98. The fraction of sp³-hybridized carbons (Fsp3) is 0.105. The highest BCUT2D eigenvalue weighted by Gasteiger charge is 2.19. The number of sulfone groups is 1. The number of benzene rings is 2. The second-order valence-corrected chi connectivity index (χ2v) is 8.31. The molecule has 0 unspecified atom stereocenters. The van der Waals surface area contributed by atoms with E-state index in [0.29, 0.717) is 11.3 Å². The van der Waals surface area contributed by atoms with Crippen LogP contribution in [0.5, 0.6) is 0 Å². The van der Waals surface area contributed by atoms with Crippen LogP contribution in [0.15, 0.2) is 59.6 Å². The minimum Gasteiger partial charge on any atom is -0.382 e. The summed E-state index contributed by atoms with van der Waals surface area (Å²) in [5.74, 6) is -0.254. The minimum atomic E-state index is -3.53. The molecule has 2 aromatic heterocycles. The van der Waals surface area contributed by atoms with E-state index in [9.17, 15) is 12.8 Å². The van der Waals surface area contributed by atoms with Gasteiger partial charge < -0.3 is 5.73 Å². The van der Waals surface area contributed by atoms with Crippen LogP contribution in [0.25, 0.3) is 22.4 Å². The Morgan fingerprint density at radius 2 is 1.82 bits per heavy atom. The lowest BCUT2D eigenvalue weighted by Gasteiger charge is -2.05. The number of anilines is 1. The van der Waals surface area contributed by atoms with Crippen molar-refractivity contribution in [3.05, 3.63) is 66.1 Å². The van der Waals surface area contributed by atoms with E-state index in [1.165, 1.54) is 12.3 Å². The van der Waals surface area contributed by atoms with Gasteiger partial charge in [-0.2, -0.15) is 5.10 Å². The number of hydrogen-bond acceptors (Lipinski definition) is 6. The summed E-state index contributed by atoms with van der Waals surface area (Å²) in [4.78, 5) is 8.15. The second kappa shape index (κ2) is 6.68. The highest BCUT2D eigenvalue weighted by atomic mass is 32.2. The van der Waals surface area contributed by atoms with Gasteiger partial charge >= 0.3 is 0 Å². The molecule has 0 bridgehead atoms. The van der Waals surface area contributed by atoms with E-state index in [4.69, 9.17) is 5.73 Å². The summed E-state index contributed by atoms with van der Waals surface area (Å²) in [5.41, 5.74) is 7.54. The molecule has 2 heterocycles. The molecule has 142 valence electrons. The smallest absolute Gasteiger partial charge is 0.182 e. The molecule has 0 atom stereocenters. The Bertz CT molecular complexity index is 1300. The van der Waals surface area contributed by atoms with Gasteiger partial charge in [-0.05, 0) is 12.1 Å². The van der Waals surface area contributed by atoms with Crippen molar-refractivity contribution in [3.63, 3.8) is 0 Å². The third kappa shape index (κ3) is 3.20. The third-order valence-corrected chi connectivity index (χ3v) is 5.44. The molecule has 0 aliphatic heterocycles. The lowest BCUT2D eigenvalue weighted by molar-refractivity contribution is 0.590. The number of para-hydroxylation sites is 1. The molecule has 2 aromatic carbocycles. The van der Waals surface area contributed by atoms with Crippen molar-refractivity contribution in [2.45, 2.75) is 11.4 Å². The van der Waals surface area contributed by atoms with Crippen molar-refractivity contribution in [1.29, 1.82) is 0 Å². The average molecular weight is 397 g/mol. The number of hydrogen-bond donors (Lipinski definition) is 1.